The Morgan fingerprint density at radius 2 is 1.96 bits per heavy atom. The Hall–Kier alpha value is -1.13. The van der Waals surface area contributed by atoms with Crippen LogP contribution in [0.3, 0.4) is 0 Å². The number of hydrogen-bond acceptors (Lipinski definition) is 4. The molecule has 0 aromatic heterocycles. The first-order chi connectivity index (χ1) is 11.5. The van der Waals surface area contributed by atoms with Crippen LogP contribution in [0.15, 0.2) is 23.3 Å². The van der Waals surface area contributed by atoms with Crippen LogP contribution in [0.5, 0.6) is 0 Å². The number of carbonyl (C=O) groups excluding carboxylic acids is 1. The number of aliphatic hydroxyl groups is 1. The molecule has 4 atom stereocenters. The van der Waals surface area contributed by atoms with Crippen LogP contribution in [0.25, 0.3) is 0 Å². The predicted octanol–water partition coefficient (Wildman–Crippen LogP) is 3.07. The predicted molar refractivity (Wildman–Crippen MR) is 94.5 cm³/mol. The SMILES string of the molecule is C/C1=C\[C@@H](O)[C@H]2[C@H](C/C(C)=C/CC1)OC(=O)[C@H]2CN1CCCCC1. The van der Waals surface area contributed by atoms with E-state index in [2.05, 4.69) is 24.8 Å². The van der Waals surface area contributed by atoms with Gasteiger partial charge in [0.05, 0.1) is 12.0 Å². The highest BCUT2D eigenvalue weighted by Gasteiger charge is 2.48. The molecule has 3 aliphatic rings. The third kappa shape index (κ3) is 4.09. The van der Waals surface area contributed by atoms with Gasteiger partial charge in [-0.25, -0.2) is 0 Å². The van der Waals surface area contributed by atoms with E-state index in [1.807, 2.05) is 6.08 Å². The molecule has 4 nitrogen and oxygen atoms in total. The van der Waals surface area contributed by atoms with Gasteiger partial charge in [0.2, 0.25) is 0 Å². The third-order valence-corrected chi connectivity index (χ3v) is 5.77. The second-order valence-electron chi connectivity index (χ2n) is 7.82. The first-order valence-electron chi connectivity index (χ1n) is 9.48. The Morgan fingerprint density at radius 1 is 1.21 bits per heavy atom. The largest absolute Gasteiger partial charge is 0.461 e. The summed E-state index contributed by atoms with van der Waals surface area (Å²) < 4.78 is 5.73. The van der Waals surface area contributed by atoms with Crippen molar-refractivity contribution >= 4 is 5.97 Å². The highest BCUT2D eigenvalue weighted by atomic mass is 16.6. The van der Waals surface area contributed by atoms with Crippen LogP contribution < -0.4 is 0 Å². The summed E-state index contributed by atoms with van der Waals surface area (Å²) in [6.45, 7) is 7.03. The van der Waals surface area contributed by atoms with Crippen LogP contribution in [-0.4, -0.2) is 47.8 Å². The lowest BCUT2D eigenvalue weighted by Crippen LogP contribution is -2.41. The van der Waals surface area contributed by atoms with Crippen LogP contribution in [-0.2, 0) is 9.53 Å². The Morgan fingerprint density at radius 3 is 2.71 bits per heavy atom. The van der Waals surface area contributed by atoms with Crippen molar-refractivity contribution in [1.82, 2.24) is 4.90 Å². The maximum Gasteiger partial charge on any atom is 0.311 e. The zero-order valence-electron chi connectivity index (χ0n) is 15.0. The van der Waals surface area contributed by atoms with Gasteiger partial charge in [0.1, 0.15) is 6.10 Å². The number of carbonyl (C=O) groups is 1. The molecule has 0 aromatic carbocycles. The average molecular weight is 333 g/mol. The molecule has 0 spiro atoms. The second kappa shape index (κ2) is 7.83. The summed E-state index contributed by atoms with van der Waals surface area (Å²) in [4.78, 5) is 14.9. The monoisotopic (exact) mass is 333 g/mol. The fourth-order valence-corrected chi connectivity index (χ4v) is 4.42. The minimum atomic E-state index is -0.595. The lowest BCUT2D eigenvalue weighted by Gasteiger charge is -2.31. The topological polar surface area (TPSA) is 49.8 Å². The van der Waals surface area contributed by atoms with E-state index in [1.165, 1.54) is 30.4 Å². The van der Waals surface area contributed by atoms with Gasteiger partial charge in [-0.05, 0) is 52.6 Å². The molecular formula is C20H31NO3. The van der Waals surface area contributed by atoms with Gasteiger partial charge in [0.15, 0.2) is 0 Å². The maximum atomic E-state index is 12.5. The van der Waals surface area contributed by atoms with Crippen molar-refractivity contribution in [3.05, 3.63) is 23.3 Å². The van der Waals surface area contributed by atoms with E-state index in [-0.39, 0.29) is 23.9 Å². The van der Waals surface area contributed by atoms with E-state index in [0.717, 1.165) is 38.9 Å². The Labute approximate surface area is 145 Å². The zero-order valence-corrected chi connectivity index (χ0v) is 15.0. The van der Waals surface area contributed by atoms with Crippen molar-refractivity contribution in [2.24, 2.45) is 11.8 Å². The van der Waals surface area contributed by atoms with Crippen molar-refractivity contribution in [2.75, 3.05) is 19.6 Å². The molecular weight excluding hydrogens is 302 g/mol. The van der Waals surface area contributed by atoms with Crippen LogP contribution in [0.2, 0.25) is 0 Å². The molecule has 0 radical (unpaired) electrons. The van der Waals surface area contributed by atoms with Crippen molar-refractivity contribution < 1.29 is 14.6 Å². The Bertz CT molecular complexity index is 519. The summed E-state index contributed by atoms with van der Waals surface area (Å²) in [7, 11) is 0. The van der Waals surface area contributed by atoms with Gasteiger partial charge in [0, 0.05) is 18.9 Å². The second-order valence-corrected chi connectivity index (χ2v) is 7.82. The first-order valence-corrected chi connectivity index (χ1v) is 9.48. The molecule has 2 heterocycles. The quantitative estimate of drug-likeness (QED) is 0.623. The molecule has 24 heavy (non-hydrogen) atoms. The van der Waals surface area contributed by atoms with Gasteiger partial charge >= 0.3 is 5.97 Å². The highest BCUT2D eigenvalue weighted by molar-refractivity contribution is 5.76. The molecule has 134 valence electrons. The number of hydrogen-bond donors (Lipinski definition) is 1. The minimum Gasteiger partial charge on any atom is -0.461 e. The van der Waals surface area contributed by atoms with E-state index >= 15 is 0 Å². The van der Waals surface area contributed by atoms with E-state index in [1.54, 1.807) is 0 Å². The molecule has 0 unspecified atom stereocenters. The number of piperidine rings is 1. The summed E-state index contributed by atoms with van der Waals surface area (Å²) in [6.07, 6.45) is 9.82. The van der Waals surface area contributed by atoms with E-state index in [9.17, 15) is 9.90 Å². The van der Waals surface area contributed by atoms with Gasteiger partial charge in [-0.2, -0.15) is 0 Å². The third-order valence-electron chi connectivity index (χ3n) is 5.77. The zero-order chi connectivity index (χ0) is 17.1. The molecule has 0 aromatic rings. The van der Waals surface area contributed by atoms with Gasteiger partial charge < -0.3 is 14.7 Å². The van der Waals surface area contributed by atoms with Gasteiger partial charge in [-0.15, -0.1) is 0 Å². The number of fused-ring (bicyclic) bond motifs is 1. The van der Waals surface area contributed by atoms with Gasteiger partial charge in [0.25, 0.3) is 0 Å². The summed E-state index contributed by atoms with van der Waals surface area (Å²) >= 11 is 0. The Balaban J connectivity index is 1.81. The number of allylic oxidation sites excluding steroid dienone is 2. The van der Waals surface area contributed by atoms with Crippen molar-refractivity contribution in [3.8, 4) is 0 Å². The first kappa shape index (κ1) is 17.7. The number of likely N-dealkylation sites (tertiary alicyclic amines) is 1. The van der Waals surface area contributed by atoms with Crippen molar-refractivity contribution in [1.29, 1.82) is 0 Å². The molecule has 0 bridgehead atoms. The van der Waals surface area contributed by atoms with Gasteiger partial charge in [-0.3, -0.25) is 4.79 Å². The summed E-state index contributed by atoms with van der Waals surface area (Å²) in [5.74, 6) is -0.456. The van der Waals surface area contributed by atoms with Crippen LogP contribution in [0.4, 0.5) is 0 Å². The summed E-state index contributed by atoms with van der Waals surface area (Å²) in [6, 6.07) is 0. The lowest BCUT2D eigenvalue weighted by molar-refractivity contribution is -0.144. The number of aliphatic hydroxyl groups excluding tert-OH is 1. The Kier molecular flexibility index (Phi) is 5.77. The van der Waals surface area contributed by atoms with E-state index in [0.29, 0.717) is 0 Å². The lowest BCUT2D eigenvalue weighted by atomic mass is 9.81. The molecule has 4 heteroatoms. The molecule has 2 saturated heterocycles. The molecule has 0 saturated carbocycles. The van der Waals surface area contributed by atoms with E-state index in [4.69, 9.17) is 4.74 Å². The highest BCUT2D eigenvalue weighted by Crippen LogP contribution is 2.37. The molecule has 0 amide bonds. The summed E-state index contributed by atoms with van der Waals surface area (Å²) in [5, 5.41) is 10.8. The normalized spacial score (nSPS) is 40.0. The number of rotatable bonds is 2. The minimum absolute atomic E-state index is 0.118. The number of nitrogens with zero attached hydrogens (tertiary/aromatic N) is 1. The standard InChI is InChI=1S/C20H31NO3/c1-14-7-6-8-15(2)12-18-19(17(22)11-14)16(20(23)24-18)13-21-9-4-3-5-10-21/h8,11,16-19,22H,3-7,9-10,12-13H2,1-2H3/b14-11+,15-8+/t16-,17+,18-,19-/m0/s1. The van der Waals surface area contributed by atoms with Crippen LogP contribution >= 0.6 is 0 Å². The maximum absolute atomic E-state index is 12.5. The fraction of sp³-hybridized carbons (Fsp3) is 0.750. The van der Waals surface area contributed by atoms with Gasteiger partial charge in [-0.1, -0.05) is 29.7 Å². The summed E-state index contributed by atoms with van der Waals surface area (Å²) in [5.41, 5.74) is 2.46. The number of esters is 1. The fourth-order valence-electron chi connectivity index (χ4n) is 4.42. The average Bonchev–Trinajstić information content (AvgIpc) is 2.83. The molecule has 1 aliphatic carbocycles. The van der Waals surface area contributed by atoms with Crippen LogP contribution in [0, 0.1) is 11.8 Å². The number of ether oxygens (including phenoxy) is 1. The molecule has 2 aliphatic heterocycles. The van der Waals surface area contributed by atoms with Crippen LogP contribution in [0.1, 0.15) is 52.4 Å². The molecule has 3 rings (SSSR count). The van der Waals surface area contributed by atoms with E-state index < -0.39 is 6.10 Å². The molecule has 1 N–H and O–H groups in total. The smallest absolute Gasteiger partial charge is 0.311 e. The van der Waals surface area contributed by atoms with Crippen molar-refractivity contribution in [3.63, 3.8) is 0 Å². The molecule has 2 fully saturated rings. The van der Waals surface area contributed by atoms with Crippen molar-refractivity contribution in [2.45, 2.75) is 64.6 Å².